The molecular formula is C25H24F2N6O4. The van der Waals surface area contributed by atoms with Crippen LogP contribution in [0.15, 0.2) is 47.2 Å². The van der Waals surface area contributed by atoms with Gasteiger partial charge in [-0.25, -0.2) is 18.7 Å². The zero-order valence-corrected chi connectivity index (χ0v) is 19.9. The summed E-state index contributed by atoms with van der Waals surface area (Å²) >= 11 is 0. The predicted octanol–water partition coefficient (Wildman–Crippen LogP) is 2.18. The molecular weight excluding hydrogens is 486 g/mol. The summed E-state index contributed by atoms with van der Waals surface area (Å²) < 4.78 is 32.4. The fourth-order valence-electron chi connectivity index (χ4n) is 4.52. The number of aromatic nitrogens is 3. The number of amides is 3. The Kier molecular flexibility index (Phi) is 6.40. The van der Waals surface area contributed by atoms with Crippen molar-refractivity contribution in [2.75, 3.05) is 13.1 Å². The van der Waals surface area contributed by atoms with E-state index in [0.717, 1.165) is 6.07 Å². The maximum atomic E-state index is 14.1. The second-order valence-electron chi connectivity index (χ2n) is 9.28. The number of nitrogens with one attached hydrogen (secondary N) is 2. The van der Waals surface area contributed by atoms with Crippen molar-refractivity contribution in [3.63, 3.8) is 0 Å². The lowest BCUT2D eigenvalue weighted by atomic mass is 9.90. The molecule has 3 aromatic rings. The highest BCUT2D eigenvalue weighted by Gasteiger charge is 2.50. The van der Waals surface area contributed by atoms with Crippen LogP contribution in [0.2, 0.25) is 0 Å². The average molecular weight is 511 g/mol. The first kappa shape index (κ1) is 24.5. The molecule has 1 aromatic carbocycles. The highest BCUT2D eigenvalue weighted by Crippen LogP contribution is 2.44. The number of carbonyl (C=O) groups excluding carboxylic acids is 3. The minimum absolute atomic E-state index is 0.0399. The van der Waals surface area contributed by atoms with Gasteiger partial charge in [-0.2, -0.15) is 0 Å². The fourth-order valence-corrected chi connectivity index (χ4v) is 4.52. The van der Waals surface area contributed by atoms with E-state index in [9.17, 15) is 23.2 Å². The Bertz CT molecular complexity index is 1340. The monoisotopic (exact) mass is 510 g/mol. The Morgan fingerprint density at radius 2 is 1.89 bits per heavy atom. The normalized spacial score (nSPS) is 20.2. The molecule has 5 rings (SSSR count). The lowest BCUT2D eigenvalue weighted by Crippen LogP contribution is -2.57. The molecule has 192 valence electrons. The number of halogens is 2. The molecule has 2 atom stereocenters. The molecule has 1 aliphatic heterocycles. The smallest absolute Gasteiger partial charge is 0.273 e. The standard InChI is InChI=1S/C25H24F2N6O4/c1-14(34)33-10-5-19(17(13-33)22(35)31-25(6-7-25)24-28-8-2-9-29-24)30-23(36)20-12-21(37-32-20)16-4-3-15(26)11-18(16)27/h2-4,8-9,11-12,17,19H,5-7,10,13H2,1H3,(H,30,36)(H,31,35)/t17-,19-/m0/s1. The summed E-state index contributed by atoms with van der Waals surface area (Å²) in [6.07, 6.45) is 4.93. The number of hydrogen-bond acceptors (Lipinski definition) is 7. The number of rotatable bonds is 6. The first-order valence-corrected chi connectivity index (χ1v) is 11.8. The molecule has 12 heteroatoms. The minimum atomic E-state index is -0.854. The third-order valence-electron chi connectivity index (χ3n) is 6.76. The second-order valence-corrected chi connectivity index (χ2v) is 9.28. The first-order valence-electron chi connectivity index (χ1n) is 11.8. The van der Waals surface area contributed by atoms with Gasteiger partial charge in [-0.1, -0.05) is 5.16 Å². The summed E-state index contributed by atoms with van der Waals surface area (Å²) in [7, 11) is 0. The van der Waals surface area contributed by atoms with E-state index in [-0.39, 0.29) is 35.4 Å². The molecule has 37 heavy (non-hydrogen) atoms. The van der Waals surface area contributed by atoms with Gasteiger partial charge in [-0.3, -0.25) is 14.4 Å². The van der Waals surface area contributed by atoms with Gasteiger partial charge in [-0.15, -0.1) is 0 Å². The van der Waals surface area contributed by atoms with Crippen LogP contribution in [0.25, 0.3) is 11.3 Å². The highest BCUT2D eigenvalue weighted by atomic mass is 19.1. The van der Waals surface area contributed by atoms with Gasteiger partial charge < -0.3 is 20.1 Å². The van der Waals surface area contributed by atoms with Crippen LogP contribution in [-0.4, -0.2) is 56.9 Å². The van der Waals surface area contributed by atoms with Crippen LogP contribution in [0.4, 0.5) is 8.78 Å². The molecule has 1 saturated heterocycles. The summed E-state index contributed by atoms with van der Waals surface area (Å²) in [4.78, 5) is 48.5. The second kappa shape index (κ2) is 9.68. The van der Waals surface area contributed by atoms with Crippen molar-refractivity contribution in [1.82, 2.24) is 30.7 Å². The van der Waals surface area contributed by atoms with E-state index in [1.54, 1.807) is 23.4 Å². The molecule has 2 fully saturated rings. The summed E-state index contributed by atoms with van der Waals surface area (Å²) in [6.45, 7) is 1.92. The number of nitrogens with zero attached hydrogens (tertiary/aromatic N) is 4. The first-order chi connectivity index (χ1) is 17.8. The van der Waals surface area contributed by atoms with Crippen molar-refractivity contribution in [3.8, 4) is 11.3 Å². The van der Waals surface area contributed by atoms with Crippen molar-refractivity contribution in [2.45, 2.75) is 37.8 Å². The van der Waals surface area contributed by atoms with E-state index in [0.29, 0.717) is 37.7 Å². The Labute approximate surface area is 210 Å². The molecule has 1 saturated carbocycles. The number of likely N-dealkylation sites (tertiary alicyclic amines) is 1. The number of carbonyl (C=O) groups is 3. The maximum absolute atomic E-state index is 14.1. The van der Waals surface area contributed by atoms with Gasteiger partial charge in [0, 0.05) is 50.6 Å². The lowest BCUT2D eigenvalue weighted by Gasteiger charge is -2.38. The van der Waals surface area contributed by atoms with Crippen LogP contribution in [-0.2, 0) is 15.1 Å². The Hall–Kier alpha value is -4.22. The SMILES string of the molecule is CC(=O)N1CC[C@H](NC(=O)c2cc(-c3ccc(F)cc3F)on2)[C@@H](C(=O)NC2(c3ncccn3)CC2)C1. The van der Waals surface area contributed by atoms with Gasteiger partial charge in [0.05, 0.1) is 17.0 Å². The van der Waals surface area contributed by atoms with Gasteiger partial charge >= 0.3 is 0 Å². The van der Waals surface area contributed by atoms with Crippen LogP contribution >= 0.6 is 0 Å². The summed E-state index contributed by atoms with van der Waals surface area (Å²) in [5.74, 6) is -2.96. The van der Waals surface area contributed by atoms with Crippen LogP contribution in [0.3, 0.4) is 0 Å². The van der Waals surface area contributed by atoms with E-state index >= 15 is 0 Å². The third-order valence-corrected chi connectivity index (χ3v) is 6.76. The lowest BCUT2D eigenvalue weighted by molar-refractivity contribution is -0.135. The quantitative estimate of drug-likeness (QED) is 0.520. The molecule has 0 radical (unpaired) electrons. The highest BCUT2D eigenvalue weighted by molar-refractivity contribution is 5.94. The van der Waals surface area contributed by atoms with Crippen LogP contribution in [0, 0.1) is 17.6 Å². The Balaban J connectivity index is 1.32. The van der Waals surface area contributed by atoms with Crippen molar-refractivity contribution >= 4 is 17.7 Å². The van der Waals surface area contributed by atoms with Crippen LogP contribution in [0.1, 0.15) is 42.5 Å². The van der Waals surface area contributed by atoms with E-state index in [1.165, 1.54) is 19.1 Å². The van der Waals surface area contributed by atoms with Gasteiger partial charge in [-0.05, 0) is 37.5 Å². The molecule has 2 aliphatic rings. The molecule has 0 bridgehead atoms. The largest absolute Gasteiger partial charge is 0.355 e. The fraction of sp³-hybridized carbons (Fsp3) is 0.360. The third kappa shape index (κ3) is 5.04. The van der Waals surface area contributed by atoms with Crippen molar-refractivity contribution in [3.05, 3.63) is 65.9 Å². The van der Waals surface area contributed by atoms with E-state index < -0.39 is 35.0 Å². The predicted molar refractivity (Wildman–Crippen MR) is 125 cm³/mol. The van der Waals surface area contributed by atoms with Crippen LogP contribution in [0.5, 0.6) is 0 Å². The molecule has 2 aromatic heterocycles. The van der Waals surface area contributed by atoms with E-state index in [1.807, 2.05) is 0 Å². The van der Waals surface area contributed by atoms with Gasteiger partial charge in [0.1, 0.15) is 11.6 Å². The number of piperidine rings is 1. The molecule has 2 N–H and O–H groups in total. The van der Waals surface area contributed by atoms with Gasteiger partial charge in [0.25, 0.3) is 5.91 Å². The van der Waals surface area contributed by atoms with E-state index in [4.69, 9.17) is 4.52 Å². The molecule has 3 amide bonds. The summed E-state index contributed by atoms with van der Waals surface area (Å²) in [5, 5.41) is 9.56. The Morgan fingerprint density at radius 3 is 2.57 bits per heavy atom. The van der Waals surface area contributed by atoms with Crippen molar-refractivity contribution < 1.29 is 27.7 Å². The molecule has 10 nitrogen and oxygen atoms in total. The number of benzene rings is 1. The molecule has 3 heterocycles. The molecule has 0 unspecified atom stereocenters. The number of hydrogen-bond donors (Lipinski definition) is 2. The zero-order chi connectivity index (χ0) is 26.2. The molecule has 1 aliphatic carbocycles. The van der Waals surface area contributed by atoms with E-state index in [2.05, 4.69) is 25.8 Å². The average Bonchev–Trinajstić information content (AvgIpc) is 3.49. The molecule has 0 spiro atoms. The maximum Gasteiger partial charge on any atom is 0.273 e. The summed E-state index contributed by atoms with van der Waals surface area (Å²) in [5.41, 5.74) is -0.827. The zero-order valence-electron chi connectivity index (χ0n) is 19.9. The van der Waals surface area contributed by atoms with Crippen molar-refractivity contribution in [1.29, 1.82) is 0 Å². The van der Waals surface area contributed by atoms with Crippen LogP contribution < -0.4 is 10.6 Å². The Morgan fingerprint density at radius 1 is 1.14 bits per heavy atom. The topological polar surface area (TPSA) is 130 Å². The minimum Gasteiger partial charge on any atom is -0.355 e. The van der Waals surface area contributed by atoms with Gasteiger partial charge in [0.2, 0.25) is 11.8 Å². The van der Waals surface area contributed by atoms with Crippen molar-refractivity contribution in [2.24, 2.45) is 5.92 Å². The summed E-state index contributed by atoms with van der Waals surface area (Å²) in [6, 6.07) is 5.31. The van der Waals surface area contributed by atoms with Gasteiger partial charge in [0.15, 0.2) is 17.3 Å².